The van der Waals surface area contributed by atoms with Gasteiger partial charge in [-0.15, -0.1) is 0 Å². The van der Waals surface area contributed by atoms with Crippen LogP contribution < -0.4 is 0 Å². The molecule has 0 aliphatic carbocycles. The quantitative estimate of drug-likeness (QED) is 0.589. The maximum Gasteiger partial charge on any atom is 0.255 e. The molecule has 0 bridgehead atoms. The van der Waals surface area contributed by atoms with Crippen molar-refractivity contribution in [2.24, 2.45) is 5.92 Å². The van der Waals surface area contributed by atoms with Crippen LogP contribution in [0.25, 0.3) is 0 Å². The molecule has 6 heteroatoms. The van der Waals surface area contributed by atoms with E-state index < -0.39 is 11.2 Å². The van der Waals surface area contributed by atoms with Gasteiger partial charge in [-0.05, 0) is 49.4 Å². The van der Waals surface area contributed by atoms with E-state index in [0.29, 0.717) is 30.6 Å². The summed E-state index contributed by atoms with van der Waals surface area (Å²) in [5.41, 5.74) is 0.953. The molecule has 0 radical (unpaired) electrons. The van der Waals surface area contributed by atoms with Crippen LogP contribution in [0.2, 0.25) is 0 Å². The molecule has 2 atom stereocenters. The summed E-state index contributed by atoms with van der Waals surface area (Å²) >= 11 is 5.56. The van der Waals surface area contributed by atoms with E-state index in [2.05, 4.69) is 4.98 Å². The summed E-state index contributed by atoms with van der Waals surface area (Å²) in [6, 6.07) is 2.77. The molecule has 106 valence electrons. The fourth-order valence-corrected chi connectivity index (χ4v) is 3.26. The smallest absolute Gasteiger partial charge is 0.255 e. The molecule has 1 fully saturated rings. The van der Waals surface area contributed by atoms with Gasteiger partial charge in [-0.3, -0.25) is 9.59 Å². The van der Waals surface area contributed by atoms with E-state index in [0.717, 1.165) is 12.8 Å². The SMILES string of the molecule is O=C(Cl)C1CCC2CCc3nc(F)ccc3C(=O)N2C1. The molecule has 1 aromatic heterocycles. The number of fused-ring (bicyclic) bond motifs is 2. The van der Waals surface area contributed by atoms with Gasteiger partial charge >= 0.3 is 0 Å². The van der Waals surface area contributed by atoms with Crippen molar-refractivity contribution in [3.05, 3.63) is 29.3 Å². The molecule has 4 nitrogen and oxygen atoms in total. The van der Waals surface area contributed by atoms with E-state index in [-0.39, 0.29) is 17.9 Å². The second-order valence-corrected chi connectivity index (χ2v) is 5.73. The second kappa shape index (κ2) is 5.13. The fourth-order valence-electron chi connectivity index (χ4n) is 3.08. The number of halogens is 2. The number of aryl methyl sites for hydroxylation is 1. The molecule has 3 heterocycles. The highest BCUT2D eigenvalue weighted by Gasteiger charge is 2.37. The van der Waals surface area contributed by atoms with Gasteiger partial charge in [-0.1, -0.05) is 0 Å². The van der Waals surface area contributed by atoms with Gasteiger partial charge in [-0.2, -0.15) is 4.39 Å². The highest BCUT2D eigenvalue weighted by molar-refractivity contribution is 6.64. The number of hydrogen-bond donors (Lipinski definition) is 0. The van der Waals surface area contributed by atoms with Crippen molar-refractivity contribution in [3.63, 3.8) is 0 Å². The predicted molar refractivity (Wildman–Crippen MR) is 70.9 cm³/mol. The molecular formula is C14H14ClFN2O2. The van der Waals surface area contributed by atoms with Crippen LogP contribution in [0.1, 0.15) is 35.3 Å². The maximum atomic E-state index is 13.2. The number of aromatic nitrogens is 1. The lowest BCUT2D eigenvalue weighted by molar-refractivity contribution is -0.116. The zero-order valence-electron chi connectivity index (χ0n) is 10.8. The van der Waals surface area contributed by atoms with Crippen LogP contribution in [-0.2, 0) is 11.2 Å². The van der Waals surface area contributed by atoms with Crippen molar-refractivity contribution in [1.82, 2.24) is 9.88 Å². The van der Waals surface area contributed by atoms with Crippen LogP contribution in [-0.4, -0.2) is 33.6 Å². The number of pyridine rings is 1. The Morgan fingerprint density at radius 3 is 2.90 bits per heavy atom. The van der Waals surface area contributed by atoms with Gasteiger partial charge in [0.25, 0.3) is 5.91 Å². The van der Waals surface area contributed by atoms with Gasteiger partial charge in [0.1, 0.15) is 0 Å². The number of amides is 1. The summed E-state index contributed by atoms with van der Waals surface area (Å²) in [6.45, 7) is 0.350. The van der Waals surface area contributed by atoms with Gasteiger partial charge in [0.2, 0.25) is 11.2 Å². The number of carbonyl (C=O) groups is 2. The van der Waals surface area contributed by atoms with Gasteiger partial charge in [0.15, 0.2) is 0 Å². The molecule has 20 heavy (non-hydrogen) atoms. The molecule has 1 saturated heterocycles. The molecule has 2 aliphatic heterocycles. The van der Waals surface area contributed by atoms with Crippen molar-refractivity contribution in [3.8, 4) is 0 Å². The van der Waals surface area contributed by atoms with Crippen LogP contribution in [0.15, 0.2) is 12.1 Å². The third-order valence-corrected chi connectivity index (χ3v) is 4.48. The van der Waals surface area contributed by atoms with Crippen molar-refractivity contribution in [2.45, 2.75) is 31.7 Å². The molecule has 0 spiro atoms. The lowest BCUT2D eigenvalue weighted by Crippen LogP contribution is -2.47. The van der Waals surface area contributed by atoms with Gasteiger partial charge < -0.3 is 4.90 Å². The van der Waals surface area contributed by atoms with E-state index in [4.69, 9.17) is 11.6 Å². The summed E-state index contributed by atoms with van der Waals surface area (Å²) < 4.78 is 13.2. The minimum absolute atomic E-state index is 0.0898. The molecule has 3 rings (SSSR count). The Morgan fingerprint density at radius 1 is 1.35 bits per heavy atom. The molecule has 1 amide bonds. The van der Waals surface area contributed by atoms with Crippen molar-refractivity contribution in [2.75, 3.05) is 6.54 Å². The summed E-state index contributed by atoms with van der Waals surface area (Å²) in [4.78, 5) is 29.4. The van der Waals surface area contributed by atoms with Crippen LogP contribution >= 0.6 is 11.6 Å². The average Bonchev–Trinajstić information content (AvgIpc) is 2.56. The number of piperidine rings is 1. The average molecular weight is 297 g/mol. The molecule has 0 saturated carbocycles. The Labute approximate surface area is 120 Å². The zero-order chi connectivity index (χ0) is 14.3. The van der Waals surface area contributed by atoms with Crippen molar-refractivity contribution in [1.29, 1.82) is 0 Å². The number of carbonyl (C=O) groups excluding carboxylic acids is 2. The monoisotopic (exact) mass is 296 g/mol. The topological polar surface area (TPSA) is 50.3 Å². The number of nitrogens with zero attached hydrogens (tertiary/aromatic N) is 2. The van der Waals surface area contributed by atoms with Gasteiger partial charge in [0, 0.05) is 12.6 Å². The first kappa shape index (κ1) is 13.5. The van der Waals surface area contributed by atoms with Crippen LogP contribution in [0.3, 0.4) is 0 Å². The van der Waals surface area contributed by atoms with E-state index in [1.54, 1.807) is 4.90 Å². The third kappa shape index (κ3) is 2.30. The van der Waals surface area contributed by atoms with E-state index >= 15 is 0 Å². The van der Waals surface area contributed by atoms with Crippen molar-refractivity contribution >= 4 is 22.8 Å². The Kier molecular flexibility index (Phi) is 3.46. The summed E-state index contributed by atoms with van der Waals surface area (Å²) in [5, 5.41) is -0.391. The lowest BCUT2D eigenvalue weighted by Gasteiger charge is -2.37. The normalized spacial score (nSPS) is 25.7. The summed E-state index contributed by atoms with van der Waals surface area (Å²) in [6.07, 6.45) is 2.79. The van der Waals surface area contributed by atoms with Crippen LogP contribution in [0.4, 0.5) is 4.39 Å². The van der Waals surface area contributed by atoms with E-state index in [1.165, 1.54) is 12.1 Å². The van der Waals surface area contributed by atoms with Gasteiger partial charge in [0.05, 0.1) is 17.2 Å². The molecule has 0 N–H and O–H groups in total. The van der Waals surface area contributed by atoms with Crippen LogP contribution in [0.5, 0.6) is 0 Å². The summed E-state index contributed by atoms with van der Waals surface area (Å²) in [5.74, 6) is -1.03. The molecular weight excluding hydrogens is 283 g/mol. The standard InChI is InChI=1S/C14H14ClFN2O2/c15-13(19)8-1-2-9-3-5-11-10(4-6-12(16)17-11)14(20)18(9)7-8/h4,6,8-9H,1-3,5,7H2. The first-order valence-corrected chi connectivity index (χ1v) is 7.10. The number of rotatable bonds is 1. The first-order chi connectivity index (χ1) is 9.56. The van der Waals surface area contributed by atoms with Crippen LogP contribution in [0, 0.1) is 11.9 Å². The molecule has 2 aliphatic rings. The highest BCUT2D eigenvalue weighted by Crippen LogP contribution is 2.31. The van der Waals surface area contributed by atoms with E-state index in [9.17, 15) is 14.0 Å². The second-order valence-electron chi connectivity index (χ2n) is 5.36. The van der Waals surface area contributed by atoms with E-state index in [1.807, 2.05) is 0 Å². The van der Waals surface area contributed by atoms with Gasteiger partial charge in [-0.25, -0.2) is 4.98 Å². The minimum atomic E-state index is -0.565. The molecule has 0 aromatic carbocycles. The highest BCUT2D eigenvalue weighted by atomic mass is 35.5. The lowest BCUT2D eigenvalue weighted by atomic mass is 9.92. The largest absolute Gasteiger partial charge is 0.335 e. The minimum Gasteiger partial charge on any atom is -0.335 e. The fraction of sp³-hybridized carbons (Fsp3) is 0.500. The summed E-state index contributed by atoms with van der Waals surface area (Å²) in [7, 11) is 0. The Hall–Kier alpha value is -1.49. The maximum absolute atomic E-state index is 13.2. The Balaban J connectivity index is 1.93. The molecule has 2 unspecified atom stereocenters. The number of hydrogen-bond acceptors (Lipinski definition) is 3. The third-order valence-electron chi connectivity index (χ3n) is 4.17. The molecule has 1 aromatic rings. The Bertz CT molecular complexity index is 578. The zero-order valence-corrected chi connectivity index (χ0v) is 11.6. The predicted octanol–water partition coefficient (Wildman–Crippen LogP) is 2.15. The first-order valence-electron chi connectivity index (χ1n) is 6.72. The Morgan fingerprint density at radius 2 is 2.15 bits per heavy atom. The van der Waals surface area contributed by atoms with Crippen molar-refractivity contribution < 1.29 is 14.0 Å².